The summed E-state index contributed by atoms with van der Waals surface area (Å²) in [5.41, 5.74) is 5.55. The molecule has 0 aromatic rings. The van der Waals surface area contributed by atoms with Crippen LogP contribution in [0.5, 0.6) is 0 Å². The van der Waals surface area contributed by atoms with E-state index in [0.717, 1.165) is 19.4 Å². The SMILES string of the molecule is C[C@@H](N)C(=O)N1CC2CCC(O)C2C1. The summed E-state index contributed by atoms with van der Waals surface area (Å²) in [6.45, 7) is 3.21. The number of amides is 1. The third-order valence-electron chi connectivity index (χ3n) is 3.52. The monoisotopic (exact) mass is 198 g/mol. The molecule has 0 bridgehead atoms. The summed E-state index contributed by atoms with van der Waals surface area (Å²) in [5.74, 6) is 0.831. The summed E-state index contributed by atoms with van der Waals surface area (Å²) in [7, 11) is 0. The summed E-state index contributed by atoms with van der Waals surface area (Å²) in [6.07, 6.45) is 1.75. The van der Waals surface area contributed by atoms with Gasteiger partial charge in [0.1, 0.15) is 0 Å². The fraction of sp³-hybridized carbons (Fsp3) is 0.900. The normalized spacial score (nSPS) is 38.5. The number of nitrogens with two attached hydrogens (primary N) is 1. The minimum absolute atomic E-state index is 0.0200. The summed E-state index contributed by atoms with van der Waals surface area (Å²) in [6, 6.07) is -0.411. The van der Waals surface area contributed by atoms with Crippen LogP contribution in [0.15, 0.2) is 0 Å². The second-order valence-corrected chi connectivity index (χ2v) is 4.60. The van der Waals surface area contributed by atoms with Crippen molar-refractivity contribution in [3.63, 3.8) is 0 Å². The highest BCUT2D eigenvalue weighted by molar-refractivity contribution is 5.81. The van der Waals surface area contributed by atoms with E-state index in [4.69, 9.17) is 5.73 Å². The van der Waals surface area contributed by atoms with Crippen molar-refractivity contribution in [2.75, 3.05) is 13.1 Å². The quantitative estimate of drug-likeness (QED) is 0.600. The van der Waals surface area contributed by atoms with Gasteiger partial charge in [0.25, 0.3) is 0 Å². The molecule has 3 N–H and O–H groups in total. The Hall–Kier alpha value is -0.610. The van der Waals surface area contributed by atoms with Crippen LogP contribution in [-0.4, -0.2) is 41.1 Å². The summed E-state index contributed by atoms with van der Waals surface area (Å²) >= 11 is 0. The first-order valence-electron chi connectivity index (χ1n) is 5.32. The standard InChI is InChI=1S/C10H18N2O2/c1-6(11)10(14)12-4-7-2-3-9(13)8(7)5-12/h6-9,13H,2-5,11H2,1H3/t6-,7?,8?,9?/m1/s1. The third-order valence-corrected chi connectivity index (χ3v) is 3.52. The predicted octanol–water partition coefficient (Wildman–Crippen LogP) is -0.437. The Morgan fingerprint density at radius 1 is 1.50 bits per heavy atom. The van der Waals surface area contributed by atoms with Crippen LogP contribution < -0.4 is 5.73 Å². The zero-order valence-electron chi connectivity index (χ0n) is 8.52. The van der Waals surface area contributed by atoms with Gasteiger partial charge >= 0.3 is 0 Å². The van der Waals surface area contributed by atoms with Crippen LogP contribution in [0.3, 0.4) is 0 Å². The van der Waals surface area contributed by atoms with Crippen molar-refractivity contribution in [3.05, 3.63) is 0 Å². The van der Waals surface area contributed by atoms with Gasteiger partial charge in [-0.2, -0.15) is 0 Å². The average Bonchev–Trinajstić information content (AvgIpc) is 2.67. The Morgan fingerprint density at radius 2 is 2.21 bits per heavy atom. The van der Waals surface area contributed by atoms with E-state index in [2.05, 4.69) is 0 Å². The van der Waals surface area contributed by atoms with Gasteiger partial charge in [-0.1, -0.05) is 0 Å². The van der Waals surface area contributed by atoms with Crippen LogP contribution >= 0.6 is 0 Å². The lowest BCUT2D eigenvalue weighted by Crippen LogP contribution is -2.41. The van der Waals surface area contributed by atoms with E-state index in [-0.39, 0.29) is 12.0 Å². The van der Waals surface area contributed by atoms with E-state index in [0.29, 0.717) is 18.4 Å². The molecule has 1 saturated heterocycles. The topological polar surface area (TPSA) is 66.6 Å². The van der Waals surface area contributed by atoms with Gasteiger partial charge in [-0.05, 0) is 25.7 Å². The number of nitrogens with zero attached hydrogens (tertiary/aromatic N) is 1. The molecule has 4 heteroatoms. The molecule has 0 radical (unpaired) electrons. The first kappa shape index (κ1) is 9.93. The highest BCUT2D eigenvalue weighted by Gasteiger charge is 2.43. The maximum Gasteiger partial charge on any atom is 0.239 e. The number of carbonyl (C=O) groups excluding carboxylic acids is 1. The average molecular weight is 198 g/mol. The van der Waals surface area contributed by atoms with Crippen molar-refractivity contribution in [2.24, 2.45) is 17.6 Å². The van der Waals surface area contributed by atoms with Gasteiger partial charge in [-0.3, -0.25) is 4.79 Å². The second kappa shape index (κ2) is 3.51. The molecule has 0 aromatic carbocycles. The van der Waals surface area contributed by atoms with Gasteiger partial charge < -0.3 is 15.7 Å². The minimum atomic E-state index is -0.411. The maximum absolute atomic E-state index is 11.6. The summed E-state index contributed by atoms with van der Waals surface area (Å²) in [5, 5.41) is 9.67. The molecular formula is C10H18N2O2. The van der Waals surface area contributed by atoms with Gasteiger partial charge in [0.15, 0.2) is 0 Å². The second-order valence-electron chi connectivity index (χ2n) is 4.60. The number of rotatable bonds is 1. The molecule has 4 atom stereocenters. The smallest absolute Gasteiger partial charge is 0.239 e. The summed E-state index contributed by atoms with van der Waals surface area (Å²) < 4.78 is 0. The third kappa shape index (κ3) is 1.53. The first-order valence-corrected chi connectivity index (χ1v) is 5.32. The van der Waals surface area contributed by atoms with Crippen LogP contribution in [0.2, 0.25) is 0 Å². The van der Waals surface area contributed by atoms with Gasteiger partial charge in [0, 0.05) is 19.0 Å². The Kier molecular flexibility index (Phi) is 2.49. The van der Waals surface area contributed by atoms with E-state index in [1.807, 2.05) is 4.90 Å². The van der Waals surface area contributed by atoms with E-state index < -0.39 is 6.04 Å². The number of aliphatic hydroxyl groups excluding tert-OH is 1. The lowest BCUT2D eigenvalue weighted by molar-refractivity contribution is -0.131. The Bertz CT molecular complexity index is 242. The molecule has 1 aliphatic heterocycles. The van der Waals surface area contributed by atoms with Crippen molar-refractivity contribution in [2.45, 2.75) is 31.9 Å². The number of fused-ring (bicyclic) bond motifs is 1. The van der Waals surface area contributed by atoms with Crippen LogP contribution in [0.25, 0.3) is 0 Å². The maximum atomic E-state index is 11.6. The molecule has 1 amide bonds. The number of aliphatic hydroxyl groups is 1. The highest BCUT2D eigenvalue weighted by Crippen LogP contribution is 2.38. The molecule has 2 aliphatic rings. The number of likely N-dealkylation sites (tertiary alicyclic amines) is 1. The molecule has 1 saturated carbocycles. The fourth-order valence-corrected chi connectivity index (χ4v) is 2.70. The highest BCUT2D eigenvalue weighted by atomic mass is 16.3. The lowest BCUT2D eigenvalue weighted by atomic mass is 10.00. The Balaban J connectivity index is 1.98. The van der Waals surface area contributed by atoms with E-state index in [1.165, 1.54) is 0 Å². The van der Waals surface area contributed by atoms with Crippen LogP contribution in [0.1, 0.15) is 19.8 Å². The first-order chi connectivity index (χ1) is 6.59. The molecular weight excluding hydrogens is 180 g/mol. The minimum Gasteiger partial charge on any atom is -0.393 e. The van der Waals surface area contributed by atoms with E-state index >= 15 is 0 Å². The zero-order valence-corrected chi connectivity index (χ0v) is 8.52. The number of hydrogen-bond donors (Lipinski definition) is 2. The Labute approximate surface area is 84.1 Å². The predicted molar refractivity (Wildman–Crippen MR) is 52.5 cm³/mol. The van der Waals surface area contributed by atoms with Crippen molar-refractivity contribution < 1.29 is 9.90 Å². The lowest BCUT2D eigenvalue weighted by Gasteiger charge is -2.20. The van der Waals surface area contributed by atoms with Gasteiger partial charge in [-0.15, -0.1) is 0 Å². The molecule has 14 heavy (non-hydrogen) atoms. The molecule has 3 unspecified atom stereocenters. The van der Waals surface area contributed by atoms with Crippen molar-refractivity contribution >= 4 is 5.91 Å². The van der Waals surface area contributed by atoms with Crippen LogP contribution in [0, 0.1) is 11.8 Å². The van der Waals surface area contributed by atoms with E-state index in [1.54, 1.807) is 6.92 Å². The van der Waals surface area contributed by atoms with E-state index in [9.17, 15) is 9.90 Å². The molecule has 2 rings (SSSR count). The largest absolute Gasteiger partial charge is 0.393 e. The van der Waals surface area contributed by atoms with Crippen molar-refractivity contribution in [1.29, 1.82) is 0 Å². The number of hydrogen-bond acceptors (Lipinski definition) is 3. The molecule has 4 nitrogen and oxygen atoms in total. The van der Waals surface area contributed by atoms with Crippen molar-refractivity contribution in [1.82, 2.24) is 4.90 Å². The molecule has 2 fully saturated rings. The van der Waals surface area contributed by atoms with Crippen LogP contribution in [-0.2, 0) is 4.79 Å². The van der Waals surface area contributed by atoms with Gasteiger partial charge in [-0.25, -0.2) is 0 Å². The molecule has 0 aromatic heterocycles. The zero-order chi connectivity index (χ0) is 10.3. The van der Waals surface area contributed by atoms with Crippen molar-refractivity contribution in [3.8, 4) is 0 Å². The Morgan fingerprint density at radius 3 is 2.79 bits per heavy atom. The van der Waals surface area contributed by atoms with Crippen LogP contribution in [0.4, 0.5) is 0 Å². The molecule has 1 heterocycles. The molecule has 0 spiro atoms. The fourth-order valence-electron chi connectivity index (χ4n) is 2.70. The molecule has 80 valence electrons. The van der Waals surface area contributed by atoms with Gasteiger partial charge in [0.05, 0.1) is 12.1 Å². The summed E-state index contributed by atoms with van der Waals surface area (Å²) in [4.78, 5) is 13.4. The van der Waals surface area contributed by atoms with Gasteiger partial charge in [0.2, 0.25) is 5.91 Å². The molecule has 1 aliphatic carbocycles. The number of carbonyl (C=O) groups is 1.